The lowest BCUT2D eigenvalue weighted by molar-refractivity contribution is -0.117. The number of unbranched alkanes of at least 4 members (excludes halogenated alkanes) is 4. The second-order valence-electron chi connectivity index (χ2n) is 5.35. The predicted octanol–water partition coefficient (Wildman–Crippen LogP) is 4.37. The van der Waals surface area contributed by atoms with Crippen LogP contribution < -0.4 is 0 Å². The lowest BCUT2D eigenvalue weighted by Gasteiger charge is -2.10. The van der Waals surface area contributed by atoms with Crippen LogP contribution in [0.3, 0.4) is 0 Å². The number of ketones is 1. The van der Waals surface area contributed by atoms with Gasteiger partial charge in [0.05, 0.1) is 0 Å². The van der Waals surface area contributed by atoms with Crippen LogP contribution in [0.2, 0.25) is 0 Å². The number of Topliss-reactive ketones (excluding diaryl/α,β-unsaturated/α-hetero) is 1. The van der Waals surface area contributed by atoms with Gasteiger partial charge in [0.1, 0.15) is 11.6 Å². The maximum atomic E-state index is 11.4. The summed E-state index contributed by atoms with van der Waals surface area (Å²) in [4.78, 5) is 19.8. The first kappa shape index (κ1) is 16.5. The largest absolute Gasteiger partial charge is 0.300 e. The number of nitrogens with zero attached hydrogens (tertiary/aromatic N) is 2. The first-order valence-electron chi connectivity index (χ1n) is 7.58. The van der Waals surface area contributed by atoms with E-state index in [0.29, 0.717) is 6.42 Å². The molecule has 0 aliphatic carbocycles. The predicted molar refractivity (Wildman–Crippen MR) is 82.7 cm³/mol. The summed E-state index contributed by atoms with van der Waals surface area (Å²) in [6, 6.07) is 0. The summed E-state index contributed by atoms with van der Waals surface area (Å²) in [6.07, 6.45) is 14.7. The van der Waals surface area contributed by atoms with Crippen molar-refractivity contribution in [1.29, 1.82) is 0 Å². The fraction of sp³-hybridized carbons (Fsp3) is 0.588. The Morgan fingerprint density at radius 1 is 1.25 bits per heavy atom. The smallest absolute Gasteiger partial charge is 0.130 e. The highest BCUT2D eigenvalue weighted by Crippen LogP contribution is 2.21. The molecule has 3 heteroatoms. The normalized spacial score (nSPS) is 12.8. The molecule has 110 valence electrons. The van der Waals surface area contributed by atoms with Crippen LogP contribution in [-0.2, 0) is 4.79 Å². The van der Waals surface area contributed by atoms with Crippen LogP contribution in [-0.4, -0.2) is 15.8 Å². The molecule has 1 heterocycles. The van der Waals surface area contributed by atoms with Gasteiger partial charge in [-0.1, -0.05) is 38.3 Å². The molecule has 1 rings (SSSR count). The van der Waals surface area contributed by atoms with Crippen molar-refractivity contribution in [3.63, 3.8) is 0 Å². The third-order valence-electron chi connectivity index (χ3n) is 3.33. The molecule has 0 fully saturated rings. The van der Waals surface area contributed by atoms with Crippen LogP contribution in [0.25, 0.3) is 0 Å². The average molecular weight is 274 g/mol. The average Bonchev–Trinajstić information content (AvgIpc) is 2.42. The number of carbonyl (C=O) groups excluding carboxylic acids is 1. The Balaban J connectivity index is 2.58. The van der Waals surface area contributed by atoms with Crippen molar-refractivity contribution in [3.8, 4) is 0 Å². The van der Waals surface area contributed by atoms with Crippen LogP contribution in [0.4, 0.5) is 0 Å². The van der Waals surface area contributed by atoms with Crippen LogP contribution >= 0.6 is 0 Å². The Morgan fingerprint density at radius 3 is 2.55 bits per heavy atom. The molecular weight excluding hydrogens is 248 g/mol. The van der Waals surface area contributed by atoms with Crippen LogP contribution in [0.15, 0.2) is 24.5 Å². The fourth-order valence-electron chi connectivity index (χ4n) is 2.15. The molecule has 0 radical (unpaired) electrons. The molecule has 0 spiro atoms. The lowest BCUT2D eigenvalue weighted by atomic mass is 9.95. The highest BCUT2D eigenvalue weighted by atomic mass is 16.1. The Labute approximate surface area is 122 Å². The zero-order valence-electron chi connectivity index (χ0n) is 12.9. The minimum Gasteiger partial charge on any atom is -0.300 e. The lowest BCUT2D eigenvalue weighted by Crippen LogP contribution is -2.03. The van der Waals surface area contributed by atoms with E-state index in [2.05, 4.69) is 29.0 Å². The van der Waals surface area contributed by atoms with Crippen LogP contribution in [0.5, 0.6) is 0 Å². The number of rotatable bonds is 9. The van der Waals surface area contributed by atoms with Crippen molar-refractivity contribution in [2.75, 3.05) is 0 Å². The van der Waals surface area contributed by atoms with Gasteiger partial charge >= 0.3 is 0 Å². The standard InChI is InChI=1S/C17H26N2O/c1-4-5-6-7-8-9-10-16(11-14(2)20)17-12-18-15(3)19-13-17/h9-10,12-13,16H,4-8,11H2,1-3H3/b10-9+/t16-/m0/s1. The maximum absolute atomic E-state index is 11.4. The van der Waals surface area contributed by atoms with Crippen LogP contribution in [0, 0.1) is 6.92 Å². The van der Waals surface area contributed by atoms with Gasteiger partial charge in [0, 0.05) is 24.7 Å². The molecule has 1 aromatic rings. The Morgan fingerprint density at radius 2 is 1.95 bits per heavy atom. The Hall–Kier alpha value is -1.51. The summed E-state index contributed by atoms with van der Waals surface area (Å²) in [7, 11) is 0. The molecule has 0 unspecified atom stereocenters. The Kier molecular flexibility index (Phi) is 7.78. The first-order valence-corrected chi connectivity index (χ1v) is 7.58. The van der Waals surface area contributed by atoms with E-state index in [0.717, 1.165) is 17.8 Å². The Bertz CT molecular complexity index is 423. The molecule has 1 aromatic heterocycles. The summed E-state index contributed by atoms with van der Waals surface area (Å²) < 4.78 is 0. The summed E-state index contributed by atoms with van der Waals surface area (Å²) in [5, 5.41) is 0. The van der Waals surface area contributed by atoms with Crippen molar-refractivity contribution in [2.45, 2.75) is 65.2 Å². The van der Waals surface area contributed by atoms with E-state index < -0.39 is 0 Å². The second kappa shape index (κ2) is 9.40. The number of hydrogen-bond donors (Lipinski definition) is 0. The molecular formula is C17H26N2O. The molecule has 0 saturated heterocycles. The zero-order valence-corrected chi connectivity index (χ0v) is 12.9. The number of carbonyl (C=O) groups is 1. The minimum atomic E-state index is 0.110. The molecule has 0 N–H and O–H groups in total. The number of hydrogen-bond acceptors (Lipinski definition) is 3. The third-order valence-corrected chi connectivity index (χ3v) is 3.33. The SMILES string of the molecule is CCCCCC/C=C/[C@@H](CC(C)=O)c1cnc(C)nc1. The van der Waals surface area contributed by atoms with Crippen LogP contribution in [0.1, 0.15) is 69.7 Å². The molecule has 0 aliphatic heterocycles. The van der Waals surface area contributed by atoms with Gasteiger partial charge in [0.15, 0.2) is 0 Å². The monoisotopic (exact) mass is 274 g/mol. The van der Waals surface area contributed by atoms with Gasteiger partial charge in [-0.2, -0.15) is 0 Å². The van der Waals surface area contributed by atoms with E-state index in [1.165, 1.54) is 25.7 Å². The zero-order chi connectivity index (χ0) is 14.8. The van der Waals surface area contributed by atoms with E-state index in [4.69, 9.17) is 0 Å². The topological polar surface area (TPSA) is 42.9 Å². The van der Waals surface area contributed by atoms with E-state index in [1.807, 2.05) is 19.3 Å². The van der Waals surface area contributed by atoms with Crippen molar-refractivity contribution >= 4 is 5.78 Å². The third kappa shape index (κ3) is 6.60. The minimum absolute atomic E-state index is 0.110. The molecule has 1 atom stereocenters. The number of allylic oxidation sites excluding steroid dienone is 2. The van der Waals surface area contributed by atoms with Gasteiger partial charge in [0.2, 0.25) is 0 Å². The van der Waals surface area contributed by atoms with Crippen molar-refractivity contribution < 1.29 is 4.79 Å². The molecule has 0 aliphatic rings. The first-order chi connectivity index (χ1) is 9.63. The quantitative estimate of drug-likeness (QED) is 0.496. The van der Waals surface area contributed by atoms with E-state index in [9.17, 15) is 4.79 Å². The molecule has 20 heavy (non-hydrogen) atoms. The molecule has 0 amide bonds. The highest BCUT2D eigenvalue weighted by Gasteiger charge is 2.11. The second-order valence-corrected chi connectivity index (χ2v) is 5.35. The van der Waals surface area contributed by atoms with Crippen molar-refractivity contribution in [2.24, 2.45) is 0 Å². The van der Waals surface area contributed by atoms with E-state index >= 15 is 0 Å². The van der Waals surface area contributed by atoms with Gasteiger partial charge in [0.25, 0.3) is 0 Å². The van der Waals surface area contributed by atoms with E-state index in [-0.39, 0.29) is 11.7 Å². The van der Waals surface area contributed by atoms with Crippen molar-refractivity contribution in [1.82, 2.24) is 9.97 Å². The fourth-order valence-corrected chi connectivity index (χ4v) is 2.15. The van der Waals surface area contributed by atoms with E-state index in [1.54, 1.807) is 6.92 Å². The highest BCUT2D eigenvalue weighted by molar-refractivity contribution is 5.76. The molecule has 0 bridgehead atoms. The molecule has 3 nitrogen and oxygen atoms in total. The van der Waals surface area contributed by atoms with Crippen molar-refractivity contribution in [3.05, 3.63) is 35.9 Å². The van der Waals surface area contributed by atoms with Gasteiger partial charge in [-0.3, -0.25) is 4.79 Å². The maximum Gasteiger partial charge on any atom is 0.130 e. The number of aryl methyl sites for hydroxylation is 1. The molecule has 0 aromatic carbocycles. The summed E-state index contributed by atoms with van der Waals surface area (Å²) in [5.41, 5.74) is 1.02. The van der Waals surface area contributed by atoms with Gasteiger partial charge in [-0.05, 0) is 32.3 Å². The number of aromatic nitrogens is 2. The van der Waals surface area contributed by atoms with Gasteiger partial charge < -0.3 is 0 Å². The summed E-state index contributed by atoms with van der Waals surface area (Å²) in [6.45, 7) is 5.72. The van der Waals surface area contributed by atoms with Gasteiger partial charge in [-0.25, -0.2) is 9.97 Å². The summed E-state index contributed by atoms with van der Waals surface area (Å²) >= 11 is 0. The van der Waals surface area contributed by atoms with Gasteiger partial charge in [-0.15, -0.1) is 0 Å². The summed E-state index contributed by atoms with van der Waals surface area (Å²) in [5.74, 6) is 1.07. The molecule has 0 saturated carbocycles.